The molecule has 4 nitrogen and oxygen atoms in total. The Bertz CT molecular complexity index is 762. The molecule has 0 spiro atoms. The van der Waals surface area contributed by atoms with Crippen molar-refractivity contribution in [3.8, 4) is 0 Å². The lowest BCUT2D eigenvalue weighted by Gasteiger charge is -2.13. The second-order valence-electron chi connectivity index (χ2n) is 4.79. The van der Waals surface area contributed by atoms with Gasteiger partial charge in [-0.05, 0) is 40.5 Å². The SMILES string of the molecule is Cc1cc(C(O)c2c(Br)cnn2C)nc2ccccc12. The number of aliphatic hydroxyl groups excluding tert-OH is 1. The molecule has 1 N–H and O–H groups in total. The van der Waals surface area contributed by atoms with Crippen LogP contribution in [0.1, 0.15) is 23.1 Å². The van der Waals surface area contributed by atoms with E-state index in [0.29, 0.717) is 11.4 Å². The van der Waals surface area contributed by atoms with Gasteiger partial charge in [0.2, 0.25) is 0 Å². The van der Waals surface area contributed by atoms with Gasteiger partial charge >= 0.3 is 0 Å². The summed E-state index contributed by atoms with van der Waals surface area (Å²) in [5.41, 5.74) is 3.32. The number of benzene rings is 1. The van der Waals surface area contributed by atoms with Crippen LogP contribution in [0.25, 0.3) is 10.9 Å². The molecular formula is C15H14BrN3O. The molecule has 1 unspecified atom stereocenters. The molecule has 5 heteroatoms. The van der Waals surface area contributed by atoms with E-state index in [-0.39, 0.29) is 0 Å². The first-order valence-corrected chi connectivity index (χ1v) is 7.09. The Balaban J connectivity index is 2.15. The standard InChI is InChI=1S/C15H14BrN3O/c1-9-7-13(18-12-6-4-3-5-10(9)12)15(20)14-11(16)8-17-19(14)2/h3-8,15,20H,1-2H3. The van der Waals surface area contributed by atoms with Crippen molar-refractivity contribution in [1.29, 1.82) is 0 Å². The van der Waals surface area contributed by atoms with Gasteiger partial charge in [0.15, 0.2) is 0 Å². The quantitative estimate of drug-likeness (QED) is 0.784. The number of halogens is 1. The van der Waals surface area contributed by atoms with Gasteiger partial charge < -0.3 is 5.11 Å². The summed E-state index contributed by atoms with van der Waals surface area (Å²) in [5.74, 6) is 0. The molecule has 1 atom stereocenters. The second-order valence-corrected chi connectivity index (χ2v) is 5.64. The van der Waals surface area contributed by atoms with E-state index in [1.165, 1.54) is 0 Å². The number of aliphatic hydroxyl groups is 1. The molecule has 0 aliphatic carbocycles. The van der Waals surface area contributed by atoms with Crippen LogP contribution in [0.3, 0.4) is 0 Å². The van der Waals surface area contributed by atoms with Gasteiger partial charge in [0.1, 0.15) is 6.10 Å². The summed E-state index contributed by atoms with van der Waals surface area (Å²) in [5, 5.41) is 15.8. The average molecular weight is 332 g/mol. The van der Waals surface area contributed by atoms with E-state index in [1.54, 1.807) is 17.9 Å². The van der Waals surface area contributed by atoms with Gasteiger partial charge in [-0.2, -0.15) is 5.10 Å². The molecule has 0 fully saturated rings. The van der Waals surface area contributed by atoms with Crippen molar-refractivity contribution in [3.05, 3.63) is 58.0 Å². The summed E-state index contributed by atoms with van der Waals surface area (Å²) in [6.45, 7) is 2.03. The summed E-state index contributed by atoms with van der Waals surface area (Å²) in [4.78, 5) is 4.56. The molecule has 0 saturated heterocycles. The number of para-hydroxylation sites is 1. The second kappa shape index (κ2) is 5.00. The highest BCUT2D eigenvalue weighted by atomic mass is 79.9. The minimum atomic E-state index is -0.805. The van der Waals surface area contributed by atoms with Crippen molar-refractivity contribution in [2.24, 2.45) is 7.05 Å². The topological polar surface area (TPSA) is 50.9 Å². The zero-order valence-electron chi connectivity index (χ0n) is 11.2. The molecule has 20 heavy (non-hydrogen) atoms. The smallest absolute Gasteiger partial charge is 0.139 e. The molecule has 3 rings (SSSR count). The van der Waals surface area contributed by atoms with Gasteiger partial charge in [-0.15, -0.1) is 0 Å². The molecule has 0 aliphatic heterocycles. The monoisotopic (exact) mass is 331 g/mol. The van der Waals surface area contributed by atoms with Crippen molar-refractivity contribution in [3.63, 3.8) is 0 Å². The molecule has 2 aromatic heterocycles. The highest BCUT2D eigenvalue weighted by Gasteiger charge is 2.20. The highest BCUT2D eigenvalue weighted by molar-refractivity contribution is 9.10. The van der Waals surface area contributed by atoms with Crippen LogP contribution in [-0.4, -0.2) is 19.9 Å². The lowest BCUT2D eigenvalue weighted by molar-refractivity contribution is 0.204. The van der Waals surface area contributed by atoms with Crippen molar-refractivity contribution in [2.45, 2.75) is 13.0 Å². The zero-order chi connectivity index (χ0) is 14.3. The number of fused-ring (bicyclic) bond motifs is 1. The van der Waals surface area contributed by atoms with Gasteiger partial charge in [-0.25, -0.2) is 4.98 Å². The fourth-order valence-corrected chi connectivity index (χ4v) is 2.95. The third kappa shape index (κ3) is 2.13. The van der Waals surface area contributed by atoms with Crippen LogP contribution in [0.15, 0.2) is 41.0 Å². The number of hydrogen-bond acceptors (Lipinski definition) is 3. The van der Waals surface area contributed by atoms with Crippen LogP contribution in [0.4, 0.5) is 0 Å². The summed E-state index contributed by atoms with van der Waals surface area (Å²) >= 11 is 3.41. The van der Waals surface area contributed by atoms with E-state index in [4.69, 9.17) is 0 Å². The van der Waals surface area contributed by atoms with Gasteiger partial charge in [-0.1, -0.05) is 18.2 Å². The van der Waals surface area contributed by atoms with E-state index in [1.807, 2.05) is 37.3 Å². The van der Waals surface area contributed by atoms with Crippen LogP contribution >= 0.6 is 15.9 Å². The largest absolute Gasteiger partial charge is 0.380 e. The molecule has 0 radical (unpaired) electrons. The van der Waals surface area contributed by atoms with Gasteiger partial charge in [-0.3, -0.25) is 4.68 Å². The normalized spacial score (nSPS) is 12.8. The van der Waals surface area contributed by atoms with Crippen molar-refractivity contribution in [1.82, 2.24) is 14.8 Å². The van der Waals surface area contributed by atoms with Crippen molar-refractivity contribution in [2.75, 3.05) is 0 Å². The molecule has 0 bridgehead atoms. The van der Waals surface area contributed by atoms with Gasteiger partial charge in [0.25, 0.3) is 0 Å². The maximum atomic E-state index is 10.6. The summed E-state index contributed by atoms with van der Waals surface area (Å²) in [6.07, 6.45) is 0.868. The Hall–Kier alpha value is -1.72. The Morgan fingerprint density at radius 1 is 1.30 bits per heavy atom. The molecule has 102 valence electrons. The Morgan fingerprint density at radius 2 is 2.05 bits per heavy atom. The van der Waals surface area contributed by atoms with Crippen molar-refractivity contribution >= 4 is 26.8 Å². The molecular weight excluding hydrogens is 318 g/mol. The number of hydrogen-bond donors (Lipinski definition) is 1. The first kappa shape index (κ1) is 13.3. The summed E-state index contributed by atoms with van der Waals surface area (Å²) in [7, 11) is 1.80. The van der Waals surface area contributed by atoms with E-state index in [0.717, 1.165) is 20.9 Å². The fourth-order valence-electron chi connectivity index (χ4n) is 2.38. The van der Waals surface area contributed by atoms with Gasteiger partial charge in [0.05, 0.1) is 27.6 Å². The van der Waals surface area contributed by atoms with Crippen LogP contribution < -0.4 is 0 Å². The minimum Gasteiger partial charge on any atom is -0.380 e. The number of aryl methyl sites for hydroxylation is 2. The molecule has 1 aromatic carbocycles. The maximum Gasteiger partial charge on any atom is 0.139 e. The van der Waals surface area contributed by atoms with E-state index >= 15 is 0 Å². The molecule has 0 saturated carbocycles. The highest BCUT2D eigenvalue weighted by Crippen LogP contribution is 2.29. The average Bonchev–Trinajstić information content (AvgIpc) is 2.77. The molecule has 0 amide bonds. The summed E-state index contributed by atoms with van der Waals surface area (Å²) in [6, 6.07) is 9.85. The van der Waals surface area contributed by atoms with Crippen LogP contribution in [-0.2, 0) is 7.05 Å². The lowest BCUT2D eigenvalue weighted by Crippen LogP contribution is -2.09. The van der Waals surface area contributed by atoms with E-state index < -0.39 is 6.10 Å². The first-order valence-electron chi connectivity index (χ1n) is 6.29. The Morgan fingerprint density at radius 3 is 2.75 bits per heavy atom. The number of rotatable bonds is 2. The lowest BCUT2D eigenvalue weighted by atomic mass is 10.1. The zero-order valence-corrected chi connectivity index (χ0v) is 12.8. The number of pyridine rings is 1. The maximum absolute atomic E-state index is 10.6. The predicted octanol–water partition coefficient (Wildman–Crippen LogP) is 3.12. The minimum absolute atomic E-state index is 0.630. The van der Waals surface area contributed by atoms with E-state index in [9.17, 15) is 5.11 Å². The van der Waals surface area contributed by atoms with Crippen molar-refractivity contribution < 1.29 is 5.11 Å². The van der Waals surface area contributed by atoms with Gasteiger partial charge in [0, 0.05) is 12.4 Å². The number of nitrogens with zero attached hydrogens (tertiary/aromatic N) is 3. The summed E-state index contributed by atoms with van der Waals surface area (Å²) < 4.78 is 2.43. The molecule has 3 aromatic rings. The fraction of sp³-hybridized carbons (Fsp3) is 0.200. The van der Waals surface area contributed by atoms with Crippen LogP contribution in [0.5, 0.6) is 0 Å². The Kier molecular flexibility index (Phi) is 3.31. The third-order valence-electron chi connectivity index (χ3n) is 3.42. The predicted molar refractivity (Wildman–Crippen MR) is 81.4 cm³/mol. The molecule has 0 aliphatic rings. The number of aromatic nitrogens is 3. The molecule has 2 heterocycles. The van der Waals surface area contributed by atoms with Crippen LogP contribution in [0, 0.1) is 6.92 Å². The van der Waals surface area contributed by atoms with E-state index in [2.05, 4.69) is 26.0 Å². The van der Waals surface area contributed by atoms with Crippen LogP contribution in [0.2, 0.25) is 0 Å². The first-order chi connectivity index (χ1) is 9.58. The Labute approximate surface area is 125 Å². The third-order valence-corrected chi connectivity index (χ3v) is 4.03.